The van der Waals surface area contributed by atoms with Gasteiger partial charge in [-0.1, -0.05) is 13.8 Å². The fourth-order valence-corrected chi connectivity index (χ4v) is 1.99. The number of carbonyl (C=O) groups excluding carboxylic acids is 1. The molecule has 3 nitrogen and oxygen atoms in total. The minimum atomic E-state index is -0.0756. The first-order chi connectivity index (χ1) is 6.06. The maximum Gasteiger partial charge on any atom is 0.226 e. The van der Waals surface area contributed by atoms with E-state index in [0.29, 0.717) is 17.7 Å². The number of nitrogens with zero attached hydrogens (tertiary/aromatic N) is 1. The van der Waals surface area contributed by atoms with E-state index in [9.17, 15) is 4.79 Å². The number of hydrogen-bond donors (Lipinski definition) is 1. The van der Waals surface area contributed by atoms with Crippen LogP contribution < -0.4 is 5.73 Å². The van der Waals surface area contributed by atoms with Gasteiger partial charge in [0.1, 0.15) is 0 Å². The number of carbonyl (C=O) groups is 1. The zero-order valence-corrected chi connectivity index (χ0v) is 8.42. The summed E-state index contributed by atoms with van der Waals surface area (Å²) in [6, 6.07) is 0. The van der Waals surface area contributed by atoms with Crippen molar-refractivity contribution in [3.05, 3.63) is 0 Å². The Morgan fingerprint density at radius 3 is 2.54 bits per heavy atom. The van der Waals surface area contributed by atoms with Crippen LogP contribution in [0.25, 0.3) is 0 Å². The van der Waals surface area contributed by atoms with Gasteiger partial charge in [-0.15, -0.1) is 0 Å². The van der Waals surface area contributed by atoms with Gasteiger partial charge in [0, 0.05) is 19.0 Å². The molecule has 0 aromatic carbocycles. The quantitative estimate of drug-likeness (QED) is 0.679. The lowest BCUT2D eigenvalue weighted by molar-refractivity contribution is -0.140. The minimum absolute atomic E-state index is 0.0756. The number of amides is 1. The summed E-state index contributed by atoms with van der Waals surface area (Å²) >= 11 is 0. The lowest BCUT2D eigenvalue weighted by atomic mass is 9.88. The monoisotopic (exact) mass is 182 g/mol. The van der Waals surface area contributed by atoms with Crippen molar-refractivity contribution >= 4 is 5.91 Å². The van der Waals surface area contributed by atoms with Crippen LogP contribution in [0.4, 0.5) is 0 Å². The molecular formula is C10H18N2O. The average Bonchev–Trinajstić information content (AvgIpc) is 2.76. The highest BCUT2D eigenvalue weighted by Gasteiger charge is 2.47. The van der Waals surface area contributed by atoms with Crippen molar-refractivity contribution in [2.24, 2.45) is 17.6 Å². The van der Waals surface area contributed by atoms with Crippen molar-refractivity contribution in [2.45, 2.75) is 32.2 Å². The highest BCUT2D eigenvalue weighted by Crippen LogP contribution is 2.40. The van der Waals surface area contributed by atoms with E-state index in [4.69, 9.17) is 5.73 Å². The molecule has 1 heterocycles. The first-order valence-corrected chi connectivity index (χ1v) is 5.13. The summed E-state index contributed by atoms with van der Waals surface area (Å²) in [7, 11) is 0. The summed E-state index contributed by atoms with van der Waals surface area (Å²) < 4.78 is 0. The maximum atomic E-state index is 11.7. The second kappa shape index (κ2) is 2.71. The summed E-state index contributed by atoms with van der Waals surface area (Å²) in [5.41, 5.74) is 5.92. The van der Waals surface area contributed by atoms with Gasteiger partial charge >= 0.3 is 0 Å². The smallest absolute Gasteiger partial charge is 0.226 e. The second-order valence-electron chi connectivity index (χ2n) is 4.73. The normalized spacial score (nSPS) is 35.5. The molecule has 0 radical (unpaired) electrons. The van der Waals surface area contributed by atoms with E-state index in [1.807, 2.05) is 4.90 Å². The molecule has 2 rings (SSSR count). The molecule has 0 spiro atoms. The highest BCUT2D eigenvalue weighted by molar-refractivity contribution is 5.82. The number of nitrogens with two attached hydrogens (primary N) is 1. The topological polar surface area (TPSA) is 46.3 Å². The summed E-state index contributed by atoms with van der Waals surface area (Å²) in [6.07, 6.45) is 2.05. The summed E-state index contributed by atoms with van der Waals surface area (Å²) in [6.45, 7) is 5.76. The van der Waals surface area contributed by atoms with Crippen LogP contribution in [0.15, 0.2) is 0 Å². The Bertz CT molecular complexity index is 233. The second-order valence-corrected chi connectivity index (χ2v) is 4.73. The van der Waals surface area contributed by atoms with E-state index in [0.717, 1.165) is 25.9 Å². The Balaban J connectivity index is 1.83. The fourth-order valence-electron chi connectivity index (χ4n) is 1.99. The van der Waals surface area contributed by atoms with Crippen molar-refractivity contribution in [2.75, 3.05) is 13.1 Å². The number of hydrogen-bond acceptors (Lipinski definition) is 2. The Morgan fingerprint density at radius 2 is 2.15 bits per heavy atom. The van der Waals surface area contributed by atoms with Crippen LogP contribution in [0.2, 0.25) is 0 Å². The molecule has 0 aromatic heterocycles. The van der Waals surface area contributed by atoms with Gasteiger partial charge in [-0.05, 0) is 18.8 Å². The first kappa shape index (κ1) is 9.00. The molecule has 1 aliphatic carbocycles. The minimum Gasteiger partial charge on any atom is -0.339 e. The summed E-state index contributed by atoms with van der Waals surface area (Å²) in [5.74, 6) is 1.27. The third-order valence-electron chi connectivity index (χ3n) is 3.45. The molecule has 2 fully saturated rings. The molecule has 0 bridgehead atoms. The number of likely N-dealkylation sites (tertiary alicyclic amines) is 1. The number of rotatable bonds is 2. The van der Waals surface area contributed by atoms with Crippen molar-refractivity contribution in [1.29, 1.82) is 0 Å². The molecule has 1 amide bonds. The Labute approximate surface area is 79.3 Å². The molecule has 1 saturated heterocycles. The molecule has 2 atom stereocenters. The van der Waals surface area contributed by atoms with E-state index in [2.05, 4.69) is 13.8 Å². The Hall–Kier alpha value is -0.570. The molecule has 2 N–H and O–H groups in total. The molecule has 74 valence electrons. The van der Waals surface area contributed by atoms with Gasteiger partial charge in [-0.2, -0.15) is 0 Å². The molecule has 2 aliphatic rings. The van der Waals surface area contributed by atoms with Crippen molar-refractivity contribution < 1.29 is 4.79 Å². The maximum absolute atomic E-state index is 11.7. The SMILES string of the molecule is CCC1(N)CN(C(=O)C2CC2C)C1. The van der Waals surface area contributed by atoms with Gasteiger partial charge in [-0.3, -0.25) is 4.79 Å². The van der Waals surface area contributed by atoms with Crippen LogP contribution in [0, 0.1) is 11.8 Å². The average molecular weight is 182 g/mol. The zero-order valence-electron chi connectivity index (χ0n) is 8.42. The van der Waals surface area contributed by atoms with Crippen LogP contribution in [0.1, 0.15) is 26.7 Å². The lowest BCUT2D eigenvalue weighted by Crippen LogP contribution is -2.68. The first-order valence-electron chi connectivity index (χ1n) is 5.13. The van der Waals surface area contributed by atoms with Crippen LogP contribution in [-0.4, -0.2) is 29.4 Å². The fraction of sp³-hybridized carbons (Fsp3) is 0.900. The predicted octanol–water partition coefficient (Wildman–Crippen LogP) is 0.592. The van der Waals surface area contributed by atoms with E-state index in [-0.39, 0.29) is 5.54 Å². The Kier molecular flexibility index (Phi) is 1.88. The van der Waals surface area contributed by atoms with Gasteiger partial charge in [0.15, 0.2) is 0 Å². The van der Waals surface area contributed by atoms with E-state index in [1.54, 1.807) is 0 Å². The van der Waals surface area contributed by atoms with E-state index < -0.39 is 0 Å². The third-order valence-corrected chi connectivity index (χ3v) is 3.45. The highest BCUT2D eigenvalue weighted by atomic mass is 16.2. The largest absolute Gasteiger partial charge is 0.339 e. The van der Waals surface area contributed by atoms with Gasteiger partial charge in [-0.25, -0.2) is 0 Å². The molecule has 3 heteroatoms. The molecule has 1 saturated carbocycles. The van der Waals surface area contributed by atoms with Crippen LogP contribution in [0.5, 0.6) is 0 Å². The van der Waals surface area contributed by atoms with Crippen molar-refractivity contribution in [3.63, 3.8) is 0 Å². The summed E-state index contributed by atoms with van der Waals surface area (Å²) in [4.78, 5) is 13.6. The lowest BCUT2D eigenvalue weighted by Gasteiger charge is -2.47. The molecular weight excluding hydrogens is 164 g/mol. The predicted molar refractivity (Wildman–Crippen MR) is 51.1 cm³/mol. The Morgan fingerprint density at radius 1 is 1.62 bits per heavy atom. The van der Waals surface area contributed by atoms with Crippen LogP contribution in [-0.2, 0) is 4.79 Å². The molecule has 1 aliphatic heterocycles. The van der Waals surface area contributed by atoms with Crippen LogP contribution >= 0.6 is 0 Å². The van der Waals surface area contributed by atoms with Crippen molar-refractivity contribution in [1.82, 2.24) is 4.90 Å². The van der Waals surface area contributed by atoms with E-state index in [1.165, 1.54) is 0 Å². The van der Waals surface area contributed by atoms with E-state index >= 15 is 0 Å². The zero-order chi connectivity index (χ0) is 9.64. The third kappa shape index (κ3) is 1.46. The van der Waals surface area contributed by atoms with Crippen molar-refractivity contribution in [3.8, 4) is 0 Å². The molecule has 0 aromatic rings. The van der Waals surface area contributed by atoms with Gasteiger partial charge < -0.3 is 10.6 Å². The standard InChI is InChI=1S/C10H18N2O/c1-3-10(11)5-12(6-10)9(13)8-4-7(8)2/h7-8H,3-6,11H2,1-2H3. The molecule has 13 heavy (non-hydrogen) atoms. The van der Waals surface area contributed by atoms with Gasteiger partial charge in [0.25, 0.3) is 0 Å². The van der Waals surface area contributed by atoms with Gasteiger partial charge in [0.05, 0.1) is 5.54 Å². The van der Waals surface area contributed by atoms with Gasteiger partial charge in [0.2, 0.25) is 5.91 Å². The summed E-state index contributed by atoms with van der Waals surface area (Å²) in [5, 5.41) is 0. The molecule has 2 unspecified atom stereocenters. The van der Waals surface area contributed by atoms with Crippen LogP contribution in [0.3, 0.4) is 0 Å².